The highest BCUT2D eigenvalue weighted by Gasteiger charge is 2.17. The Hall–Kier alpha value is -2.41. The molecule has 0 saturated heterocycles. The van der Waals surface area contributed by atoms with Crippen LogP contribution in [0.5, 0.6) is 0 Å². The molecule has 0 fully saturated rings. The standard InChI is InChI=1S/C21H18O/c1-21(2,3)18-10-16-6-4-14-8-13(12-22)9-15-5-7-17(11-18)20(16)19(14)15/h4-12H,1-3H3. The van der Waals surface area contributed by atoms with Gasteiger partial charge in [0.1, 0.15) is 6.29 Å². The molecular weight excluding hydrogens is 268 g/mol. The van der Waals surface area contributed by atoms with Gasteiger partial charge in [0.2, 0.25) is 0 Å². The Balaban J connectivity index is 2.20. The summed E-state index contributed by atoms with van der Waals surface area (Å²) in [6, 6.07) is 17.2. The maximum Gasteiger partial charge on any atom is 0.150 e. The molecule has 1 nitrogen and oxygen atoms in total. The van der Waals surface area contributed by atoms with Gasteiger partial charge in [-0.2, -0.15) is 0 Å². The molecule has 0 unspecified atom stereocenters. The highest BCUT2D eigenvalue weighted by molar-refractivity contribution is 6.23. The Labute approximate surface area is 129 Å². The summed E-state index contributed by atoms with van der Waals surface area (Å²) in [6.45, 7) is 6.74. The molecule has 108 valence electrons. The molecule has 0 aliphatic rings. The lowest BCUT2D eigenvalue weighted by Gasteiger charge is -2.21. The average molecular weight is 286 g/mol. The van der Waals surface area contributed by atoms with E-state index >= 15 is 0 Å². The van der Waals surface area contributed by atoms with Crippen LogP contribution in [0.15, 0.2) is 48.5 Å². The first-order valence-electron chi connectivity index (χ1n) is 7.66. The largest absolute Gasteiger partial charge is 0.298 e. The van der Waals surface area contributed by atoms with E-state index in [1.165, 1.54) is 27.1 Å². The maximum absolute atomic E-state index is 11.1. The molecule has 4 aromatic rings. The zero-order valence-corrected chi connectivity index (χ0v) is 13.1. The summed E-state index contributed by atoms with van der Waals surface area (Å²) in [4.78, 5) is 11.1. The topological polar surface area (TPSA) is 17.1 Å². The van der Waals surface area contributed by atoms with Crippen LogP contribution >= 0.6 is 0 Å². The lowest BCUT2D eigenvalue weighted by atomic mass is 9.83. The molecule has 0 bridgehead atoms. The minimum Gasteiger partial charge on any atom is -0.298 e. The van der Waals surface area contributed by atoms with Gasteiger partial charge in [0, 0.05) is 5.56 Å². The Morgan fingerprint density at radius 3 is 1.50 bits per heavy atom. The summed E-state index contributed by atoms with van der Waals surface area (Å²) >= 11 is 0. The minimum absolute atomic E-state index is 0.134. The minimum atomic E-state index is 0.134. The van der Waals surface area contributed by atoms with E-state index in [0.717, 1.165) is 22.6 Å². The van der Waals surface area contributed by atoms with Gasteiger partial charge in [-0.25, -0.2) is 0 Å². The van der Waals surface area contributed by atoms with Crippen LogP contribution in [0.1, 0.15) is 36.7 Å². The van der Waals surface area contributed by atoms with Gasteiger partial charge < -0.3 is 0 Å². The second-order valence-corrected chi connectivity index (χ2v) is 7.14. The van der Waals surface area contributed by atoms with E-state index < -0.39 is 0 Å². The van der Waals surface area contributed by atoms with E-state index in [0.29, 0.717) is 0 Å². The van der Waals surface area contributed by atoms with Gasteiger partial charge in [-0.3, -0.25) is 4.79 Å². The fraction of sp³-hybridized carbons (Fsp3) is 0.190. The van der Waals surface area contributed by atoms with Crippen LogP contribution in [0.3, 0.4) is 0 Å². The summed E-state index contributed by atoms with van der Waals surface area (Å²) in [5, 5.41) is 7.41. The first-order chi connectivity index (χ1) is 10.5. The maximum atomic E-state index is 11.1. The SMILES string of the molecule is CC(C)(C)c1cc2ccc3cc(C=O)cc4ccc(c1)c2c34. The summed E-state index contributed by atoms with van der Waals surface area (Å²) in [6.07, 6.45) is 0.923. The van der Waals surface area contributed by atoms with Gasteiger partial charge in [0.05, 0.1) is 0 Å². The molecule has 22 heavy (non-hydrogen) atoms. The number of benzene rings is 4. The number of rotatable bonds is 1. The van der Waals surface area contributed by atoms with Gasteiger partial charge in [0.15, 0.2) is 0 Å². The average Bonchev–Trinajstić information content (AvgIpc) is 2.50. The number of carbonyl (C=O) groups excluding carboxylic acids is 1. The van der Waals surface area contributed by atoms with Crippen molar-refractivity contribution in [3.63, 3.8) is 0 Å². The van der Waals surface area contributed by atoms with Crippen LogP contribution in [0, 0.1) is 0 Å². The zero-order chi connectivity index (χ0) is 15.5. The van der Waals surface area contributed by atoms with Crippen molar-refractivity contribution in [2.24, 2.45) is 0 Å². The molecule has 0 N–H and O–H groups in total. The monoisotopic (exact) mass is 286 g/mol. The molecule has 0 aliphatic carbocycles. The Bertz CT molecular complexity index is 952. The number of aldehydes is 1. The van der Waals surface area contributed by atoms with Gasteiger partial charge >= 0.3 is 0 Å². The normalized spacial score (nSPS) is 12.5. The van der Waals surface area contributed by atoms with E-state index in [2.05, 4.69) is 57.2 Å². The summed E-state index contributed by atoms with van der Waals surface area (Å²) < 4.78 is 0. The fourth-order valence-corrected chi connectivity index (χ4v) is 3.36. The van der Waals surface area contributed by atoms with E-state index in [1.54, 1.807) is 0 Å². The first-order valence-corrected chi connectivity index (χ1v) is 7.66. The third-order valence-corrected chi connectivity index (χ3v) is 4.56. The smallest absolute Gasteiger partial charge is 0.150 e. The second-order valence-electron chi connectivity index (χ2n) is 7.14. The van der Waals surface area contributed by atoms with Crippen molar-refractivity contribution in [2.45, 2.75) is 26.2 Å². The molecule has 0 amide bonds. The quantitative estimate of drug-likeness (QED) is 0.324. The van der Waals surface area contributed by atoms with Gasteiger partial charge in [-0.15, -0.1) is 0 Å². The van der Waals surface area contributed by atoms with Crippen molar-refractivity contribution in [1.82, 2.24) is 0 Å². The van der Waals surface area contributed by atoms with Crippen molar-refractivity contribution >= 4 is 38.6 Å². The molecule has 0 saturated carbocycles. The van der Waals surface area contributed by atoms with Crippen LogP contribution in [-0.4, -0.2) is 6.29 Å². The molecule has 0 radical (unpaired) electrons. The number of carbonyl (C=O) groups is 1. The van der Waals surface area contributed by atoms with Gasteiger partial charge in [-0.05, 0) is 55.4 Å². The molecule has 0 aliphatic heterocycles. The summed E-state index contributed by atoms with van der Waals surface area (Å²) in [7, 11) is 0. The van der Waals surface area contributed by atoms with Crippen LogP contribution in [-0.2, 0) is 5.41 Å². The van der Waals surface area contributed by atoms with Crippen molar-refractivity contribution in [3.05, 3.63) is 59.7 Å². The van der Waals surface area contributed by atoms with Crippen molar-refractivity contribution in [1.29, 1.82) is 0 Å². The summed E-state index contributed by atoms with van der Waals surface area (Å²) in [5.41, 5.74) is 2.23. The fourth-order valence-electron chi connectivity index (χ4n) is 3.36. The molecule has 0 atom stereocenters. The van der Waals surface area contributed by atoms with E-state index in [4.69, 9.17) is 0 Å². The predicted molar refractivity (Wildman–Crippen MR) is 94.2 cm³/mol. The number of hydrogen-bond acceptors (Lipinski definition) is 1. The van der Waals surface area contributed by atoms with Crippen LogP contribution in [0.25, 0.3) is 32.3 Å². The van der Waals surface area contributed by atoms with Crippen molar-refractivity contribution in [3.8, 4) is 0 Å². The van der Waals surface area contributed by atoms with E-state index in [9.17, 15) is 4.79 Å². The first kappa shape index (κ1) is 13.3. The van der Waals surface area contributed by atoms with Crippen LogP contribution < -0.4 is 0 Å². The lowest BCUT2D eigenvalue weighted by molar-refractivity contribution is 0.112. The van der Waals surface area contributed by atoms with Crippen LogP contribution in [0.4, 0.5) is 0 Å². The predicted octanol–water partition coefficient (Wildman–Crippen LogP) is 5.69. The Kier molecular flexibility index (Phi) is 2.59. The molecule has 4 aromatic carbocycles. The molecular formula is C21H18O. The highest BCUT2D eigenvalue weighted by Crippen LogP contribution is 2.37. The van der Waals surface area contributed by atoms with E-state index in [-0.39, 0.29) is 5.41 Å². The highest BCUT2D eigenvalue weighted by atomic mass is 16.1. The molecule has 0 aromatic heterocycles. The molecule has 0 heterocycles. The molecule has 4 rings (SSSR count). The molecule has 1 heteroatoms. The summed E-state index contributed by atoms with van der Waals surface area (Å²) in [5.74, 6) is 0. The van der Waals surface area contributed by atoms with Gasteiger partial charge in [-0.1, -0.05) is 57.2 Å². The molecule has 0 spiro atoms. The Morgan fingerprint density at radius 1 is 0.727 bits per heavy atom. The van der Waals surface area contributed by atoms with Crippen molar-refractivity contribution < 1.29 is 4.79 Å². The van der Waals surface area contributed by atoms with Gasteiger partial charge in [0.25, 0.3) is 0 Å². The second kappa shape index (κ2) is 4.30. The zero-order valence-electron chi connectivity index (χ0n) is 13.1. The van der Waals surface area contributed by atoms with E-state index in [1.807, 2.05) is 12.1 Å². The number of hydrogen-bond donors (Lipinski definition) is 0. The van der Waals surface area contributed by atoms with Crippen LogP contribution in [0.2, 0.25) is 0 Å². The third-order valence-electron chi connectivity index (χ3n) is 4.56. The third kappa shape index (κ3) is 1.82. The van der Waals surface area contributed by atoms with Crippen molar-refractivity contribution in [2.75, 3.05) is 0 Å². The lowest BCUT2D eigenvalue weighted by Crippen LogP contribution is -2.10. The Morgan fingerprint density at radius 2 is 1.14 bits per heavy atom.